The number of aromatic nitrogens is 2. The Labute approximate surface area is 188 Å². The van der Waals surface area contributed by atoms with Crippen molar-refractivity contribution < 1.29 is 18.3 Å². The third kappa shape index (κ3) is 5.27. The first-order valence-corrected chi connectivity index (χ1v) is 11.4. The summed E-state index contributed by atoms with van der Waals surface area (Å²) in [6, 6.07) is 13.5. The number of carbonyl (C=O) groups is 1. The van der Waals surface area contributed by atoms with E-state index in [4.69, 9.17) is 0 Å². The Hall–Kier alpha value is -2.94. The molecule has 1 saturated carbocycles. The number of alkyl halides is 2. The predicted molar refractivity (Wildman–Crippen MR) is 119 cm³/mol. The second-order valence-electron chi connectivity index (χ2n) is 7.61. The van der Waals surface area contributed by atoms with Crippen LogP contribution in [0.2, 0.25) is 0 Å². The fraction of sp³-hybridized carbons (Fsp3) is 0.348. The molecule has 1 fully saturated rings. The van der Waals surface area contributed by atoms with Gasteiger partial charge in [0.25, 0.3) is 5.56 Å². The number of hydrogen-bond donors (Lipinski definition) is 1. The van der Waals surface area contributed by atoms with Gasteiger partial charge in [0.15, 0.2) is 5.16 Å². The average Bonchev–Trinajstić information content (AvgIpc) is 3.31. The molecule has 0 unspecified atom stereocenters. The summed E-state index contributed by atoms with van der Waals surface area (Å²) < 4.78 is 30.5. The van der Waals surface area contributed by atoms with E-state index in [-0.39, 0.29) is 35.6 Å². The number of benzene rings is 2. The lowest BCUT2D eigenvalue weighted by atomic mass is 10.2. The number of carbonyl (C=O) groups excluding carboxylic acids is 1. The Balaban J connectivity index is 1.42. The molecule has 1 amide bonds. The number of halogens is 2. The first kappa shape index (κ1) is 22.3. The maximum absolute atomic E-state index is 13.1. The summed E-state index contributed by atoms with van der Waals surface area (Å²) in [5.41, 5.74) is 1.33. The van der Waals surface area contributed by atoms with E-state index in [1.165, 1.54) is 23.9 Å². The van der Waals surface area contributed by atoms with Crippen molar-refractivity contribution in [3.05, 3.63) is 64.4 Å². The lowest BCUT2D eigenvalue weighted by Gasteiger charge is -2.18. The van der Waals surface area contributed by atoms with Gasteiger partial charge in [0.05, 0.1) is 16.7 Å². The minimum Gasteiger partial charge on any atom is -0.435 e. The highest BCUT2D eigenvalue weighted by Gasteiger charge is 2.23. The largest absolute Gasteiger partial charge is 0.435 e. The predicted octanol–water partition coefficient (Wildman–Crippen LogP) is 4.52. The van der Waals surface area contributed by atoms with E-state index in [1.807, 2.05) is 12.1 Å². The number of nitrogens with zero attached hydrogens (tertiary/aromatic N) is 2. The number of hydrogen-bond acceptors (Lipinski definition) is 5. The van der Waals surface area contributed by atoms with Crippen LogP contribution < -0.4 is 15.6 Å². The molecular weight excluding hydrogens is 436 g/mol. The smallest absolute Gasteiger partial charge is 0.387 e. The molecule has 32 heavy (non-hydrogen) atoms. The van der Waals surface area contributed by atoms with Gasteiger partial charge < -0.3 is 10.1 Å². The second-order valence-corrected chi connectivity index (χ2v) is 8.56. The average molecular weight is 460 g/mol. The van der Waals surface area contributed by atoms with E-state index in [1.54, 1.807) is 28.8 Å². The Kier molecular flexibility index (Phi) is 7.04. The van der Waals surface area contributed by atoms with Crippen LogP contribution in [0.3, 0.4) is 0 Å². The minimum atomic E-state index is -2.87. The van der Waals surface area contributed by atoms with Crippen LogP contribution in [-0.4, -0.2) is 27.8 Å². The van der Waals surface area contributed by atoms with Crippen LogP contribution in [0.25, 0.3) is 10.9 Å². The number of fused-ring (bicyclic) bond motifs is 1. The molecular formula is C23H23F2N3O3S. The molecule has 168 valence electrons. The number of thioether (sulfide) groups is 1. The molecule has 0 aliphatic heterocycles. The molecule has 6 nitrogen and oxygen atoms in total. The molecule has 1 aliphatic rings. The van der Waals surface area contributed by atoms with E-state index < -0.39 is 6.61 Å². The Morgan fingerprint density at radius 3 is 2.59 bits per heavy atom. The number of amides is 1. The van der Waals surface area contributed by atoms with Gasteiger partial charge in [-0.05, 0) is 42.7 Å². The summed E-state index contributed by atoms with van der Waals surface area (Å²) in [4.78, 5) is 30.2. The number of ether oxygens (including phenoxy) is 1. The van der Waals surface area contributed by atoms with E-state index in [0.29, 0.717) is 16.1 Å². The van der Waals surface area contributed by atoms with Gasteiger partial charge in [-0.25, -0.2) is 4.98 Å². The van der Waals surface area contributed by atoms with Crippen molar-refractivity contribution in [3.8, 4) is 5.75 Å². The molecule has 1 N–H and O–H groups in total. The molecule has 3 aromatic rings. The monoisotopic (exact) mass is 459 g/mol. The van der Waals surface area contributed by atoms with Gasteiger partial charge in [-0.15, -0.1) is 0 Å². The molecule has 0 spiro atoms. The van der Waals surface area contributed by atoms with Crippen LogP contribution >= 0.6 is 11.8 Å². The standard InChI is InChI=1S/C23H23F2N3O3S/c24-22(25)31-17-11-9-15(10-12-17)13-26-20(29)14-32-23-27-19-8-4-3-7-18(19)21(30)28(23)16-5-1-2-6-16/h3-4,7-12,16,22H,1-2,5-6,13-14H2,(H,26,29). The summed E-state index contributed by atoms with van der Waals surface area (Å²) >= 11 is 1.25. The van der Waals surface area contributed by atoms with Crippen LogP contribution in [-0.2, 0) is 11.3 Å². The fourth-order valence-corrected chi connectivity index (χ4v) is 4.78. The quantitative estimate of drug-likeness (QED) is 0.396. The Morgan fingerprint density at radius 2 is 1.88 bits per heavy atom. The zero-order valence-corrected chi connectivity index (χ0v) is 18.1. The first-order valence-electron chi connectivity index (χ1n) is 10.5. The maximum atomic E-state index is 13.1. The zero-order valence-electron chi connectivity index (χ0n) is 17.3. The van der Waals surface area contributed by atoms with Gasteiger partial charge in [0, 0.05) is 12.6 Å². The number of nitrogens with one attached hydrogen (secondary N) is 1. The van der Waals surface area contributed by atoms with E-state index in [2.05, 4.69) is 15.0 Å². The molecule has 4 rings (SSSR count). The van der Waals surface area contributed by atoms with Crippen LogP contribution in [0, 0.1) is 0 Å². The van der Waals surface area contributed by atoms with Crippen molar-refractivity contribution in [2.24, 2.45) is 0 Å². The molecule has 2 aromatic carbocycles. The topological polar surface area (TPSA) is 73.2 Å². The molecule has 0 radical (unpaired) electrons. The van der Waals surface area contributed by atoms with Crippen molar-refractivity contribution in [2.75, 3.05) is 5.75 Å². The Bertz CT molecular complexity index is 1150. The summed E-state index contributed by atoms with van der Waals surface area (Å²) in [5.74, 6) is -0.0226. The molecule has 9 heteroatoms. The number of rotatable bonds is 8. The summed E-state index contributed by atoms with van der Waals surface area (Å²) in [6.45, 7) is -2.61. The van der Waals surface area contributed by atoms with Crippen molar-refractivity contribution in [2.45, 2.75) is 50.0 Å². The van der Waals surface area contributed by atoms with Gasteiger partial charge in [0.2, 0.25) is 5.91 Å². The summed E-state index contributed by atoms with van der Waals surface area (Å²) in [7, 11) is 0. The van der Waals surface area contributed by atoms with Crippen LogP contribution in [0.4, 0.5) is 8.78 Å². The normalized spacial score (nSPS) is 14.2. The third-order valence-electron chi connectivity index (χ3n) is 5.44. The lowest BCUT2D eigenvalue weighted by molar-refractivity contribution is -0.118. The van der Waals surface area contributed by atoms with Crippen molar-refractivity contribution in [1.29, 1.82) is 0 Å². The van der Waals surface area contributed by atoms with E-state index >= 15 is 0 Å². The summed E-state index contributed by atoms with van der Waals surface area (Å²) in [6.07, 6.45) is 4.03. The molecule has 1 heterocycles. The third-order valence-corrected chi connectivity index (χ3v) is 6.39. The van der Waals surface area contributed by atoms with Crippen molar-refractivity contribution in [3.63, 3.8) is 0 Å². The SMILES string of the molecule is O=C(CSc1nc2ccccc2c(=O)n1C1CCCC1)NCc1ccc(OC(F)F)cc1. The van der Waals surface area contributed by atoms with Crippen LogP contribution in [0.5, 0.6) is 5.75 Å². The first-order chi connectivity index (χ1) is 15.5. The van der Waals surface area contributed by atoms with Crippen LogP contribution in [0.15, 0.2) is 58.5 Å². The highest BCUT2D eigenvalue weighted by molar-refractivity contribution is 7.99. The van der Waals surface area contributed by atoms with Gasteiger partial charge in [0.1, 0.15) is 5.75 Å². The van der Waals surface area contributed by atoms with Gasteiger partial charge in [-0.2, -0.15) is 8.78 Å². The van der Waals surface area contributed by atoms with Crippen molar-refractivity contribution in [1.82, 2.24) is 14.9 Å². The maximum Gasteiger partial charge on any atom is 0.387 e. The van der Waals surface area contributed by atoms with Gasteiger partial charge in [-0.1, -0.05) is 48.9 Å². The zero-order chi connectivity index (χ0) is 22.5. The van der Waals surface area contributed by atoms with Gasteiger partial charge in [-0.3, -0.25) is 14.2 Å². The van der Waals surface area contributed by atoms with Crippen LogP contribution in [0.1, 0.15) is 37.3 Å². The molecule has 0 bridgehead atoms. The van der Waals surface area contributed by atoms with E-state index in [9.17, 15) is 18.4 Å². The van der Waals surface area contributed by atoms with E-state index in [0.717, 1.165) is 31.2 Å². The highest BCUT2D eigenvalue weighted by atomic mass is 32.2. The van der Waals surface area contributed by atoms with Gasteiger partial charge >= 0.3 is 6.61 Å². The molecule has 1 aromatic heterocycles. The summed E-state index contributed by atoms with van der Waals surface area (Å²) in [5, 5.41) is 3.96. The molecule has 0 atom stereocenters. The highest BCUT2D eigenvalue weighted by Crippen LogP contribution is 2.32. The number of para-hydroxylation sites is 1. The molecule has 0 saturated heterocycles. The van der Waals surface area contributed by atoms with Crippen molar-refractivity contribution >= 4 is 28.6 Å². The minimum absolute atomic E-state index is 0.0588. The lowest BCUT2D eigenvalue weighted by Crippen LogP contribution is -2.28. The second kappa shape index (κ2) is 10.1. The Morgan fingerprint density at radius 1 is 1.16 bits per heavy atom. The fourth-order valence-electron chi connectivity index (χ4n) is 3.88. The molecule has 1 aliphatic carbocycles.